The molecular weight excluding hydrogens is 280 g/mol. The van der Waals surface area contributed by atoms with Crippen LogP contribution in [0, 0.1) is 23.3 Å². The van der Waals surface area contributed by atoms with E-state index >= 15 is 0 Å². The van der Waals surface area contributed by atoms with Crippen LogP contribution < -0.4 is 10.6 Å². The molecule has 2 N–H and O–H groups in total. The molecule has 1 atom stereocenters. The molecule has 20 heavy (non-hydrogen) atoms. The Bertz CT molecular complexity index is 605. The van der Waals surface area contributed by atoms with Gasteiger partial charge in [0.2, 0.25) is 5.89 Å². The minimum atomic E-state index is -1.58. The van der Waals surface area contributed by atoms with E-state index in [0.717, 1.165) is 0 Å². The first-order valence-corrected chi connectivity index (χ1v) is 5.54. The Balaban J connectivity index is 2.33. The molecule has 2 aromatic rings. The Morgan fingerprint density at radius 3 is 2.25 bits per heavy atom. The molecule has 0 saturated carbocycles. The molecule has 0 aliphatic heterocycles. The number of hydrogen-bond acceptors (Lipinski definition) is 5. The van der Waals surface area contributed by atoms with Crippen LogP contribution in [0.25, 0.3) is 0 Å². The summed E-state index contributed by atoms with van der Waals surface area (Å²) in [5.74, 6) is -6.08. The molecule has 0 aliphatic rings. The average molecular weight is 290 g/mol. The summed E-state index contributed by atoms with van der Waals surface area (Å²) in [6, 6.07) is -0.570. The van der Waals surface area contributed by atoms with Gasteiger partial charge < -0.3 is 15.1 Å². The van der Waals surface area contributed by atoms with Crippen LogP contribution in [0.2, 0.25) is 0 Å². The quantitative estimate of drug-likeness (QED) is 0.669. The Kier molecular flexibility index (Phi) is 3.89. The predicted molar refractivity (Wildman–Crippen MR) is 61.3 cm³/mol. The van der Waals surface area contributed by atoms with E-state index in [1.807, 2.05) is 5.32 Å². The summed E-state index contributed by atoms with van der Waals surface area (Å²) in [4.78, 5) is 0. The van der Waals surface area contributed by atoms with Gasteiger partial charge in [-0.3, -0.25) is 0 Å². The number of benzene rings is 1. The van der Waals surface area contributed by atoms with Gasteiger partial charge in [-0.2, -0.15) is 0 Å². The van der Waals surface area contributed by atoms with Crippen molar-refractivity contribution in [2.75, 3.05) is 12.4 Å². The van der Waals surface area contributed by atoms with E-state index in [2.05, 4.69) is 15.5 Å². The van der Waals surface area contributed by atoms with Crippen molar-refractivity contribution >= 4 is 11.7 Å². The average Bonchev–Trinajstić information content (AvgIpc) is 2.89. The van der Waals surface area contributed by atoms with Gasteiger partial charge in [0.1, 0.15) is 5.69 Å². The van der Waals surface area contributed by atoms with E-state index in [-0.39, 0.29) is 24.0 Å². The van der Waals surface area contributed by atoms with Gasteiger partial charge in [-0.1, -0.05) is 5.10 Å². The lowest BCUT2D eigenvalue weighted by Gasteiger charge is -2.06. The van der Waals surface area contributed by atoms with Crippen LogP contribution in [-0.2, 0) is 0 Å². The summed E-state index contributed by atoms with van der Waals surface area (Å²) in [7, 11) is 1.64. The molecule has 0 amide bonds. The third kappa shape index (κ3) is 2.57. The van der Waals surface area contributed by atoms with E-state index in [4.69, 9.17) is 4.42 Å². The monoisotopic (exact) mass is 290 g/mol. The molecule has 0 bridgehead atoms. The molecule has 2 rings (SSSR count). The van der Waals surface area contributed by atoms with Crippen LogP contribution in [0.15, 0.2) is 10.5 Å². The van der Waals surface area contributed by atoms with Crippen molar-refractivity contribution in [2.24, 2.45) is 0 Å². The summed E-state index contributed by atoms with van der Waals surface area (Å²) in [6.45, 7) is 1.71. The fourth-order valence-corrected chi connectivity index (χ4v) is 1.37. The molecule has 0 radical (unpaired) electrons. The van der Waals surface area contributed by atoms with E-state index in [1.54, 1.807) is 14.0 Å². The molecule has 0 fully saturated rings. The van der Waals surface area contributed by atoms with Crippen molar-refractivity contribution in [3.63, 3.8) is 0 Å². The van der Waals surface area contributed by atoms with Crippen molar-refractivity contribution in [3.8, 4) is 0 Å². The maximum absolute atomic E-state index is 13.4. The zero-order chi connectivity index (χ0) is 14.9. The molecule has 1 aromatic heterocycles. The zero-order valence-electron chi connectivity index (χ0n) is 10.5. The zero-order valence-corrected chi connectivity index (χ0v) is 10.5. The maximum atomic E-state index is 13.4. The second-order valence-electron chi connectivity index (χ2n) is 3.92. The summed E-state index contributed by atoms with van der Waals surface area (Å²) in [5, 5.41) is 11.9. The standard InChI is InChI=1S/C11H10F4N4O/c1-4(16-2)10-18-19-11(20-10)17-9-7(14)5(12)3-6(13)8(9)15/h3-4,16H,1-2H3,(H,17,19). The van der Waals surface area contributed by atoms with Crippen molar-refractivity contribution in [3.05, 3.63) is 35.2 Å². The molecule has 1 unspecified atom stereocenters. The van der Waals surface area contributed by atoms with Gasteiger partial charge in [0.25, 0.3) is 0 Å². The van der Waals surface area contributed by atoms with Crippen LogP contribution in [0.3, 0.4) is 0 Å². The number of rotatable bonds is 4. The number of nitrogens with zero attached hydrogens (tertiary/aromatic N) is 2. The number of hydrogen-bond donors (Lipinski definition) is 2. The highest BCUT2D eigenvalue weighted by molar-refractivity contribution is 5.54. The molecule has 9 heteroatoms. The highest BCUT2D eigenvalue weighted by Crippen LogP contribution is 2.27. The van der Waals surface area contributed by atoms with Crippen molar-refractivity contribution in [1.82, 2.24) is 15.5 Å². The Hall–Kier alpha value is -2.16. The lowest BCUT2D eigenvalue weighted by molar-refractivity contribution is 0.439. The Labute approximate surface area is 111 Å². The predicted octanol–water partition coefficient (Wildman–Crippen LogP) is 2.65. The molecule has 0 saturated heterocycles. The molecule has 0 aliphatic carbocycles. The first-order chi connectivity index (χ1) is 9.43. The van der Waals surface area contributed by atoms with Gasteiger partial charge in [-0.05, 0) is 14.0 Å². The van der Waals surface area contributed by atoms with E-state index in [9.17, 15) is 17.6 Å². The van der Waals surface area contributed by atoms with Crippen LogP contribution in [0.5, 0.6) is 0 Å². The van der Waals surface area contributed by atoms with Crippen LogP contribution in [0.1, 0.15) is 18.9 Å². The van der Waals surface area contributed by atoms with E-state index in [0.29, 0.717) is 0 Å². The van der Waals surface area contributed by atoms with Crippen LogP contribution >= 0.6 is 0 Å². The van der Waals surface area contributed by atoms with Gasteiger partial charge >= 0.3 is 6.01 Å². The lowest BCUT2D eigenvalue weighted by Crippen LogP contribution is -2.12. The number of halogens is 4. The first kappa shape index (κ1) is 14.3. The third-order valence-electron chi connectivity index (χ3n) is 2.59. The van der Waals surface area contributed by atoms with Crippen molar-refractivity contribution in [1.29, 1.82) is 0 Å². The highest BCUT2D eigenvalue weighted by atomic mass is 19.2. The minimum absolute atomic E-state index is 0.109. The highest BCUT2D eigenvalue weighted by Gasteiger charge is 2.21. The second-order valence-corrected chi connectivity index (χ2v) is 3.92. The summed E-state index contributed by atoms with van der Waals surface area (Å²) >= 11 is 0. The molecule has 0 spiro atoms. The summed E-state index contributed by atoms with van der Waals surface area (Å²) in [5.41, 5.74) is -1.03. The Morgan fingerprint density at radius 2 is 1.70 bits per heavy atom. The summed E-state index contributed by atoms with van der Waals surface area (Å²) in [6.07, 6.45) is 0. The molecule has 108 valence electrons. The van der Waals surface area contributed by atoms with E-state index in [1.165, 1.54) is 0 Å². The lowest BCUT2D eigenvalue weighted by atomic mass is 10.2. The number of aromatic nitrogens is 2. The molecule has 1 heterocycles. The fourth-order valence-electron chi connectivity index (χ4n) is 1.37. The normalized spacial score (nSPS) is 12.5. The fraction of sp³-hybridized carbons (Fsp3) is 0.273. The van der Waals surface area contributed by atoms with Gasteiger partial charge in [0, 0.05) is 6.07 Å². The van der Waals surface area contributed by atoms with E-state index < -0.39 is 29.0 Å². The first-order valence-electron chi connectivity index (χ1n) is 5.54. The van der Waals surface area contributed by atoms with Gasteiger partial charge in [0.15, 0.2) is 23.3 Å². The molecule has 5 nitrogen and oxygen atoms in total. The molecular formula is C11H10F4N4O. The van der Waals surface area contributed by atoms with Gasteiger partial charge in [-0.15, -0.1) is 5.10 Å². The van der Waals surface area contributed by atoms with Crippen molar-refractivity contribution < 1.29 is 22.0 Å². The van der Waals surface area contributed by atoms with Crippen LogP contribution in [0.4, 0.5) is 29.3 Å². The van der Waals surface area contributed by atoms with Gasteiger partial charge in [0.05, 0.1) is 6.04 Å². The topological polar surface area (TPSA) is 63.0 Å². The van der Waals surface area contributed by atoms with Gasteiger partial charge in [-0.25, -0.2) is 17.6 Å². The van der Waals surface area contributed by atoms with Crippen molar-refractivity contribution in [2.45, 2.75) is 13.0 Å². The second kappa shape index (κ2) is 5.45. The third-order valence-corrected chi connectivity index (χ3v) is 2.59. The number of nitrogens with one attached hydrogen (secondary N) is 2. The number of anilines is 2. The Morgan fingerprint density at radius 1 is 1.10 bits per heavy atom. The summed E-state index contributed by atoms with van der Waals surface area (Å²) < 4.78 is 57.9. The maximum Gasteiger partial charge on any atom is 0.320 e. The minimum Gasteiger partial charge on any atom is -0.406 e. The molecule has 1 aromatic carbocycles. The largest absolute Gasteiger partial charge is 0.406 e. The smallest absolute Gasteiger partial charge is 0.320 e. The van der Waals surface area contributed by atoms with Crippen LogP contribution in [-0.4, -0.2) is 17.2 Å². The SMILES string of the molecule is CNC(C)c1nnc(Nc2c(F)c(F)cc(F)c2F)o1.